The first-order chi connectivity index (χ1) is 13.0. The maximum Gasteiger partial charge on any atom is 0.407 e. The van der Waals surface area contributed by atoms with Crippen molar-refractivity contribution in [1.29, 1.82) is 0 Å². The number of hydrogen-bond donors (Lipinski definition) is 1. The van der Waals surface area contributed by atoms with Gasteiger partial charge in [-0.1, -0.05) is 11.6 Å². The number of carbonyl (C=O) groups is 3. The molecule has 8 heteroatoms. The average molecular weight is 394 g/mol. The highest BCUT2D eigenvalue weighted by atomic mass is 35.5. The van der Waals surface area contributed by atoms with Crippen LogP contribution in [-0.4, -0.2) is 55.1 Å². The molecule has 0 saturated carbocycles. The minimum atomic E-state index is -0.460. The molecule has 7 nitrogen and oxygen atoms in total. The van der Waals surface area contributed by atoms with Gasteiger partial charge in [0.15, 0.2) is 0 Å². The van der Waals surface area contributed by atoms with Crippen molar-refractivity contribution in [3.8, 4) is 0 Å². The Morgan fingerprint density at radius 3 is 2.81 bits per heavy atom. The molecule has 3 amide bonds. The van der Waals surface area contributed by atoms with Crippen LogP contribution in [-0.2, 0) is 9.53 Å². The van der Waals surface area contributed by atoms with E-state index in [9.17, 15) is 14.4 Å². The fraction of sp³-hybridized carbons (Fsp3) is 0.526. The van der Waals surface area contributed by atoms with E-state index in [0.29, 0.717) is 48.9 Å². The van der Waals surface area contributed by atoms with Crippen molar-refractivity contribution >= 4 is 35.2 Å². The molecule has 0 bridgehead atoms. The zero-order valence-electron chi connectivity index (χ0n) is 15.4. The van der Waals surface area contributed by atoms with Crippen molar-refractivity contribution in [3.63, 3.8) is 0 Å². The van der Waals surface area contributed by atoms with E-state index in [-0.39, 0.29) is 17.9 Å². The highest BCUT2D eigenvalue weighted by Gasteiger charge is 2.28. The van der Waals surface area contributed by atoms with Gasteiger partial charge in [0.25, 0.3) is 5.91 Å². The first-order valence-electron chi connectivity index (χ1n) is 9.32. The second-order valence-corrected chi connectivity index (χ2v) is 7.18. The smallest absolute Gasteiger partial charge is 0.407 e. The summed E-state index contributed by atoms with van der Waals surface area (Å²) in [6.07, 6.45) is 2.44. The lowest BCUT2D eigenvalue weighted by molar-refractivity contribution is -0.117. The minimum Gasteiger partial charge on any atom is -0.450 e. The molecule has 2 aliphatic heterocycles. The summed E-state index contributed by atoms with van der Waals surface area (Å²) < 4.78 is 4.92. The number of amides is 3. The van der Waals surface area contributed by atoms with Gasteiger partial charge in [-0.2, -0.15) is 0 Å². The van der Waals surface area contributed by atoms with E-state index in [1.165, 1.54) is 0 Å². The lowest BCUT2D eigenvalue weighted by Gasteiger charge is -2.33. The van der Waals surface area contributed by atoms with Crippen LogP contribution in [0.3, 0.4) is 0 Å². The standard InChI is InChI=1S/C19H24ClN3O4/c1-2-27-19(26)21-14-5-3-9-22(12-14)18(25)13-7-8-15(20)16(11-13)23-10-4-6-17(23)24/h7-8,11,14H,2-6,9-10,12H2,1H3,(H,21,26). The molecule has 0 aromatic heterocycles. The predicted octanol–water partition coefficient (Wildman–Crippen LogP) is 2.82. The van der Waals surface area contributed by atoms with Crippen molar-refractivity contribution < 1.29 is 19.1 Å². The molecule has 2 heterocycles. The third kappa shape index (κ3) is 4.53. The first-order valence-corrected chi connectivity index (χ1v) is 9.70. The number of piperidine rings is 1. The van der Waals surface area contributed by atoms with Crippen molar-refractivity contribution in [1.82, 2.24) is 10.2 Å². The third-order valence-electron chi connectivity index (χ3n) is 4.86. The number of rotatable bonds is 4. The molecular formula is C19H24ClN3O4. The molecular weight excluding hydrogens is 370 g/mol. The average Bonchev–Trinajstić information content (AvgIpc) is 3.08. The number of nitrogens with zero attached hydrogens (tertiary/aromatic N) is 2. The van der Waals surface area contributed by atoms with Gasteiger partial charge in [0.05, 0.1) is 17.3 Å². The summed E-state index contributed by atoms with van der Waals surface area (Å²) in [6.45, 7) is 3.73. The third-order valence-corrected chi connectivity index (χ3v) is 5.18. The summed E-state index contributed by atoms with van der Waals surface area (Å²) in [5.41, 5.74) is 1.08. The Morgan fingerprint density at radius 1 is 1.30 bits per heavy atom. The molecule has 1 aromatic rings. The highest BCUT2D eigenvalue weighted by molar-refractivity contribution is 6.34. The van der Waals surface area contributed by atoms with Crippen molar-refractivity contribution in [2.75, 3.05) is 31.1 Å². The highest BCUT2D eigenvalue weighted by Crippen LogP contribution is 2.31. The molecule has 2 aliphatic rings. The molecule has 0 aliphatic carbocycles. The fourth-order valence-electron chi connectivity index (χ4n) is 3.56. The van der Waals surface area contributed by atoms with Crippen LogP contribution in [0.15, 0.2) is 18.2 Å². The Balaban J connectivity index is 1.71. The van der Waals surface area contributed by atoms with E-state index in [1.54, 1.807) is 34.9 Å². The molecule has 1 unspecified atom stereocenters. The number of benzene rings is 1. The van der Waals surface area contributed by atoms with Crippen LogP contribution < -0.4 is 10.2 Å². The Bertz CT molecular complexity index is 740. The largest absolute Gasteiger partial charge is 0.450 e. The summed E-state index contributed by atoms with van der Waals surface area (Å²) in [5.74, 6) is -0.104. The van der Waals surface area contributed by atoms with Crippen LogP contribution >= 0.6 is 11.6 Å². The maximum atomic E-state index is 13.0. The second-order valence-electron chi connectivity index (χ2n) is 6.77. The Hall–Kier alpha value is -2.28. The summed E-state index contributed by atoms with van der Waals surface area (Å²) in [6, 6.07) is 4.90. The number of ether oxygens (including phenoxy) is 1. The number of likely N-dealkylation sites (tertiary alicyclic amines) is 1. The molecule has 2 fully saturated rings. The van der Waals surface area contributed by atoms with Gasteiger partial charge in [-0.05, 0) is 44.4 Å². The van der Waals surface area contributed by atoms with E-state index in [1.807, 2.05) is 0 Å². The van der Waals surface area contributed by atoms with Crippen molar-refractivity contribution in [3.05, 3.63) is 28.8 Å². The van der Waals surface area contributed by atoms with Crippen LogP contribution in [0.4, 0.5) is 10.5 Å². The molecule has 1 aromatic carbocycles. The van der Waals surface area contributed by atoms with E-state index in [2.05, 4.69) is 5.32 Å². The molecule has 1 N–H and O–H groups in total. The van der Waals surface area contributed by atoms with Gasteiger partial charge in [0.1, 0.15) is 0 Å². The zero-order valence-corrected chi connectivity index (χ0v) is 16.1. The van der Waals surface area contributed by atoms with Gasteiger partial charge in [0, 0.05) is 37.7 Å². The van der Waals surface area contributed by atoms with Crippen molar-refractivity contribution in [2.45, 2.75) is 38.6 Å². The number of nitrogens with one attached hydrogen (secondary N) is 1. The lowest BCUT2D eigenvalue weighted by atomic mass is 10.0. The fourth-order valence-corrected chi connectivity index (χ4v) is 3.78. The number of halogens is 1. The van der Waals surface area contributed by atoms with Gasteiger partial charge in [0.2, 0.25) is 5.91 Å². The number of carbonyl (C=O) groups excluding carboxylic acids is 3. The minimum absolute atomic E-state index is 0.0261. The molecule has 3 rings (SSSR count). The van der Waals surface area contributed by atoms with E-state index in [4.69, 9.17) is 16.3 Å². The SMILES string of the molecule is CCOC(=O)NC1CCCN(C(=O)c2ccc(Cl)c(N3CCCC3=O)c2)C1. The Kier molecular flexibility index (Phi) is 6.21. The number of anilines is 1. The molecule has 1 atom stereocenters. The normalized spacial score (nSPS) is 19.9. The van der Waals surface area contributed by atoms with Gasteiger partial charge in [-0.15, -0.1) is 0 Å². The van der Waals surface area contributed by atoms with Gasteiger partial charge in [-0.3, -0.25) is 9.59 Å². The zero-order chi connectivity index (χ0) is 19.4. The quantitative estimate of drug-likeness (QED) is 0.853. The van der Waals surface area contributed by atoms with Crippen LogP contribution in [0.2, 0.25) is 5.02 Å². The topological polar surface area (TPSA) is 79.0 Å². The van der Waals surface area contributed by atoms with Crippen LogP contribution in [0.5, 0.6) is 0 Å². The van der Waals surface area contributed by atoms with Gasteiger partial charge < -0.3 is 19.9 Å². The second kappa shape index (κ2) is 8.61. The summed E-state index contributed by atoms with van der Waals surface area (Å²) in [7, 11) is 0. The first kappa shape index (κ1) is 19.5. The number of hydrogen-bond acceptors (Lipinski definition) is 4. The summed E-state index contributed by atoms with van der Waals surface area (Å²) >= 11 is 6.26. The Morgan fingerprint density at radius 2 is 2.11 bits per heavy atom. The number of alkyl carbamates (subject to hydrolysis) is 1. The van der Waals surface area contributed by atoms with Crippen LogP contribution in [0.25, 0.3) is 0 Å². The van der Waals surface area contributed by atoms with Crippen LogP contribution in [0, 0.1) is 0 Å². The van der Waals surface area contributed by atoms with Gasteiger partial charge in [-0.25, -0.2) is 4.79 Å². The lowest BCUT2D eigenvalue weighted by Crippen LogP contribution is -2.49. The van der Waals surface area contributed by atoms with Gasteiger partial charge >= 0.3 is 6.09 Å². The molecule has 2 saturated heterocycles. The molecule has 0 spiro atoms. The Labute approximate surface area is 163 Å². The summed E-state index contributed by atoms with van der Waals surface area (Å²) in [5, 5.41) is 3.26. The summed E-state index contributed by atoms with van der Waals surface area (Å²) in [4.78, 5) is 40.0. The van der Waals surface area contributed by atoms with Crippen LogP contribution in [0.1, 0.15) is 43.0 Å². The maximum absolute atomic E-state index is 13.0. The van der Waals surface area contributed by atoms with E-state index >= 15 is 0 Å². The monoisotopic (exact) mass is 393 g/mol. The molecule has 146 valence electrons. The van der Waals surface area contributed by atoms with E-state index in [0.717, 1.165) is 19.3 Å². The predicted molar refractivity (Wildman–Crippen MR) is 102 cm³/mol. The molecule has 0 radical (unpaired) electrons. The van der Waals surface area contributed by atoms with Crippen molar-refractivity contribution in [2.24, 2.45) is 0 Å². The van der Waals surface area contributed by atoms with E-state index < -0.39 is 6.09 Å². The molecule has 27 heavy (non-hydrogen) atoms.